The summed E-state index contributed by atoms with van der Waals surface area (Å²) in [6, 6.07) is 10.7. The van der Waals surface area contributed by atoms with Gasteiger partial charge in [-0.2, -0.15) is 22.7 Å². The largest absolute Gasteiger partial charge is 0.483 e. The van der Waals surface area contributed by atoms with E-state index in [0.29, 0.717) is 12.4 Å². The Balaban J connectivity index is 1.21. The second-order valence-corrected chi connectivity index (χ2v) is 9.20. The maximum absolute atomic E-state index is 11.0. The summed E-state index contributed by atoms with van der Waals surface area (Å²) >= 11 is 3.41. The monoisotopic (exact) mass is 470 g/mol. The summed E-state index contributed by atoms with van der Waals surface area (Å²) in [4.78, 5) is 13.0. The molecule has 3 aromatic rings. The highest BCUT2D eigenvalue weighted by Gasteiger charge is 2.25. The summed E-state index contributed by atoms with van der Waals surface area (Å²) < 4.78 is 12.1. The first-order valence-corrected chi connectivity index (χ1v) is 12.5. The molecule has 3 heterocycles. The van der Waals surface area contributed by atoms with Crippen LogP contribution in [0, 0.1) is 10.1 Å². The fourth-order valence-electron chi connectivity index (χ4n) is 3.78. The standard InChI is InChI=1S/C24H26N2O4S2/c27-26(28)22-5-1-2-6-23(22)29-14-4-3-11-25-12-7-21(8-13-25)30-24(19-9-15-31-17-19)20-10-16-32-18-20/h1-6,9-10,15-18,21,24H,7-8,11-14H2/b4-3+. The van der Waals surface area contributed by atoms with Crippen LogP contribution in [0.2, 0.25) is 0 Å². The third kappa shape index (κ3) is 6.04. The van der Waals surface area contributed by atoms with Crippen LogP contribution in [0.3, 0.4) is 0 Å². The molecule has 0 atom stereocenters. The van der Waals surface area contributed by atoms with Gasteiger partial charge >= 0.3 is 5.69 Å². The molecule has 1 fully saturated rings. The summed E-state index contributed by atoms with van der Waals surface area (Å²) in [5, 5.41) is 19.6. The Labute approximate surface area is 195 Å². The zero-order chi connectivity index (χ0) is 22.2. The maximum Gasteiger partial charge on any atom is 0.310 e. The molecular weight excluding hydrogens is 444 g/mol. The molecule has 0 spiro atoms. The lowest BCUT2D eigenvalue weighted by Crippen LogP contribution is -2.37. The zero-order valence-corrected chi connectivity index (χ0v) is 19.3. The van der Waals surface area contributed by atoms with Crippen molar-refractivity contribution in [2.24, 2.45) is 0 Å². The van der Waals surface area contributed by atoms with E-state index in [1.54, 1.807) is 40.9 Å². The Morgan fingerprint density at radius 3 is 2.38 bits per heavy atom. The first-order valence-electron chi connectivity index (χ1n) is 10.6. The van der Waals surface area contributed by atoms with E-state index in [9.17, 15) is 10.1 Å². The Bertz CT molecular complexity index is 963. The predicted molar refractivity (Wildman–Crippen MR) is 129 cm³/mol. The minimum Gasteiger partial charge on any atom is -0.483 e. The van der Waals surface area contributed by atoms with Gasteiger partial charge in [-0.25, -0.2) is 0 Å². The molecule has 4 rings (SSSR count). The molecule has 1 saturated heterocycles. The number of para-hydroxylation sites is 2. The van der Waals surface area contributed by atoms with Gasteiger partial charge in [0.05, 0.1) is 11.0 Å². The minimum absolute atomic E-state index is 0.00817. The van der Waals surface area contributed by atoms with Crippen molar-refractivity contribution >= 4 is 28.4 Å². The summed E-state index contributed by atoms with van der Waals surface area (Å²) in [6.07, 6.45) is 6.26. The van der Waals surface area contributed by atoms with E-state index in [-0.39, 0.29) is 17.9 Å². The van der Waals surface area contributed by atoms with Crippen molar-refractivity contribution in [3.05, 3.63) is 91.3 Å². The summed E-state index contributed by atoms with van der Waals surface area (Å²) in [5.74, 6) is 0.297. The second-order valence-electron chi connectivity index (χ2n) is 7.64. The fraction of sp³-hybridized carbons (Fsp3) is 0.333. The molecule has 0 aliphatic carbocycles. The molecule has 0 bridgehead atoms. The van der Waals surface area contributed by atoms with E-state index >= 15 is 0 Å². The van der Waals surface area contributed by atoms with Crippen LogP contribution in [0.5, 0.6) is 5.75 Å². The van der Waals surface area contributed by atoms with Crippen molar-refractivity contribution in [2.45, 2.75) is 25.0 Å². The van der Waals surface area contributed by atoms with Gasteiger partial charge in [0.15, 0.2) is 5.75 Å². The summed E-state index contributed by atoms with van der Waals surface area (Å²) in [5.41, 5.74) is 2.46. The second kappa shape index (κ2) is 11.4. The van der Waals surface area contributed by atoms with E-state index in [4.69, 9.17) is 9.47 Å². The van der Waals surface area contributed by atoms with E-state index in [2.05, 4.69) is 44.6 Å². The zero-order valence-electron chi connectivity index (χ0n) is 17.7. The number of nitro groups is 1. The van der Waals surface area contributed by atoms with Crippen LogP contribution in [-0.2, 0) is 4.74 Å². The van der Waals surface area contributed by atoms with Gasteiger partial charge in [-0.3, -0.25) is 15.0 Å². The quantitative estimate of drug-likeness (QED) is 0.209. The Morgan fingerprint density at radius 1 is 1.06 bits per heavy atom. The number of hydrogen-bond acceptors (Lipinski definition) is 7. The van der Waals surface area contributed by atoms with E-state index in [1.165, 1.54) is 17.2 Å². The maximum atomic E-state index is 11.0. The molecule has 1 aliphatic heterocycles. The molecule has 0 radical (unpaired) electrons. The van der Waals surface area contributed by atoms with Gasteiger partial charge in [0.25, 0.3) is 0 Å². The molecule has 0 saturated carbocycles. The molecule has 2 aromatic heterocycles. The highest BCUT2D eigenvalue weighted by Crippen LogP contribution is 2.32. The fourth-order valence-corrected chi connectivity index (χ4v) is 5.13. The van der Waals surface area contributed by atoms with Crippen LogP contribution < -0.4 is 4.74 Å². The molecule has 1 aromatic carbocycles. The van der Waals surface area contributed by atoms with Crippen molar-refractivity contribution in [1.29, 1.82) is 0 Å². The topological polar surface area (TPSA) is 64.8 Å². The number of nitro benzene ring substituents is 1. The van der Waals surface area contributed by atoms with Crippen molar-refractivity contribution < 1.29 is 14.4 Å². The minimum atomic E-state index is -0.424. The molecule has 0 unspecified atom stereocenters. The first kappa shape index (κ1) is 22.7. The highest BCUT2D eigenvalue weighted by molar-refractivity contribution is 7.08. The molecule has 168 valence electrons. The van der Waals surface area contributed by atoms with Crippen LogP contribution in [0.1, 0.15) is 30.1 Å². The van der Waals surface area contributed by atoms with Gasteiger partial charge in [-0.1, -0.05) is 24.3 Å². The smallest absolute Gasteiger partial charge is 0.310 e. The van der Waals surface area contributed by atoms with E-state index in [0.717, 1.165) is 32.5 Å². The molecular formula is C24H26N2O4S2. The number of ether oxygens (including phenoxy) is 2. The van der Waals surface area contributed by atoms with Gasteiger partial charge in [-0.15, -0.1) is 0 Å². The molecule has 0 amide bonds. The number of piperidine rings is 1. The van der Waals surface area contributed by atoms with Gasteiger partial charge in [0.1, 0.15) is 12.7 Å². The van der Waals surface area contributed by atoms with Gasteiger partial charge in [0.2, 0.25) is 0 Å². The molecule has 8 heteroatoms. The number of nitrogens with zero attached hydrogens (tertiary/aromatic N) is 2. The van der Waals surface area contributed by atoms with Crippen LogP contribution in [0.15, 0.2) is 70.1 Å². The average molecular weight is 471 g/mol. The molecule has 0 N–H and O–H groups in total. The van der Waals surface area contributed by atoms with Gasteiger partial charge < -0.3 is 9.47 Å². The molecule has 32 heavy (non-hydrogen) atoms. The van der Waals surface area contributed by atoms with Gasteiger partial charge in [-0.05, 0) is 63.7 Å². The summed E-state index contributed by atoms with van der Waals surface area (Å²) in [7, 11) is 0. The third-order valence-electron chi connectivity index (χ3n) is 5.48. The van der Waals surface area contributed by atoms with Crippen molar-refractivity contribution in [3.63, 3.8) is 0 Å². The van der Waals surface area contributed by atoms with E-state index < -0.39 is 4.92 Å². The van der Waals surface area contributed by atoms with Crippen LogP contribution >= 0.6 is 22.7 Å². The summed E-state index contributed by atoms with van der Waals surface area (Å²) in [6.45, 7) is 3.12. The Morgan fingerprint density at radius 2 is 1.75 bits per heavy atom. The Hall–Kier alpha value is -2.52. The lowest BCUT2D eigenvalue weighted by molar-refractivity contribution is -0.385. The average Bonchev–Trinajstić information content (AvgIpc) is 3.53. The number of likely N-dealkylation sites (tertiary alicyclic amines) is 1. The molecule has 1 aliphatic rings. The van der Waals surface area contributed by atoms with Crippen molar-refractivity contribution in [3.8, 4) is 5.75 Å². The SMILES string of the molecule is O=[N+]([O-])c1ccccc1OC/C=C/CN1CCC(OC(c2ccsc2)c2ccsc2)CC1. The van der Waals surface area contributed by atoms with Crippen molar-refractivity contribution in [1.82, 2.24) is 4.90 Å². The van der Waals surface area contributed by atoms with Crippen LogP contribution in [0.4, 0.5) is 5.69 Å². The number of hydrogen-bond donors (Lipinski definition) is 0. The number of rotatable bonds is 10. The predicted octanol–water partition coefficient (Wildman–Crippen LogP) is 5.92. The van der Waals surface area contributed by atoms with Crippen LogP contribution in [0.25, 0.3) is 0 Å². The Kier molecular flexibility index (Phi) is 8.06. The highest BCUT2D eigenvalue weighted by atomic mass is 32.1. The number of benzene rings is 1. The lowest BCUT2D eigenvalue weighted by atomic mass is 10.0. The number of thiophene rings is 2. The van der Waals surface area contributed by atoms with Gasteiger partial charge in [0, 0.05) is 25.7 Å². The third-order valence-corrected chi connectivity index (χ3v) is 6.89. The lowest BCUT2D eigenvalue weighted by Gasteiger charge is -2.33. The van der Waals surface area contributed by atoms with Crippen molar-refractivity contribution in [2.75, 3.05) is 26.2 Å². The van der Waals surface area contributed by atoms with Crippen LogP contribution in [-0.4, -0.2) is 42.2 Å². The first-order chi connectivity index (χ1) is 15.7. The normalized spacial score (nSPS) is 15.5. The van der Waals surface area contributed by atoms with E-state index in [1.807, 2.05) is 6.08 Å². The molecule has 6 nitrogen and oxygen atoms in total.